The second-order valence-electron chi connectivity index (χ2n) is 32.7. The van der Waals surface area contributed by atoms with Crippen molar-refractivity contribution in [1.82, 2.24) is 59.8 Å². The highest BCUT2D eigenvalue weighted by atomic mass is 14.8. The van der Waals surface area contributed by atoms with Crippen molar-refractivity contribution in [2.45, 2.75) is 0 Å². The highest BCUT2D eigenvalue weighted by Gasteiger charge is 2.36. The largest absolute Gasteiger partial charge is 0.354 e. The van der Waals surface area contributed by atoms with Crippen LogP contribution in [0.5, 0.6) is 0 Å². The van der Waals surface area contributed by atoms with Gasteiger partial charge >= 0.3 is 0 Å². The number of rotatable bonds is 11. The van der Waals surface area contributed by atoms with Gasteiger partial charge in [0.05, 0.1) is 73.8 Å². The van der Waals surface area contributed by atoms with Gasteiger partial charge in [-0.25, -0.2) is 29.9 Å². The van der Waals surface area contributed by atoms with Gasteiger partial charge in [-0.2, -0.15) is 0 Å². The van der Waals surface area contributed by atoms with Crippen LogP contribution in [0.1, 0.15) is 90.6 Å². The van der Waals surface area contributed by atoms with Crippen LogP contribution in [0.3, 0.4) is 0 Å². The second-order valence-corrected chi connectivity index (χ2v) is 32.7. The third-order valence-electron chi connectivity index (χ3n) is 25.2. The molecule has 12 heteroatoms. The molecule has 9 aromatic heterocycles. The molecule has 0 atom stereocenters. The molecule has 12 nitrogen and oxygen atoms in total. The molecule has 25 rings (SSSR count). The van der Waals surface area contributed by atoms with Gasteiger partial charge in [0.2, 0.25) is 0 Å². The van der Waals surface area contributed by atoms with Gasteiger partial charge in [-0.05, 0) is 190 Å². The molecular formula is C116H74N12. The van der Waals surface area contributed by atoms with Gasteiger partial charge in [0.1, 0.15) is 0 Å². The number of nitrogens with one attached hydrogen (secondary N) is 6. The highest BCUT2D eigenvalue weighted by Crippen LogP contribution is 2.54. The van der Waals surface area contributed by atoms with Crippen molar-refractivity contribution in [2.75, 3.05) is 0 Å². The van der Waals surface area contributed by atoms with Crippen LogP contribution in [-0.2, 0) is 0 Å². The lowest BCUT2D eigenvalue weighted by Crippen LogP contribution is -1.99. The molecule has 598 valence electrons. The maximum Gasteiger partial charge on any atom is 0.0737 e. The first-order valence-corrected chi connectivity index (χ1v) is 43.2. The average molecular weight is 1640 g/mol. The van der Waals surface area contributed by atoms with Crippen molar-refractivity contribution in [3.63, 3.8) is 0 Å². The van der Waals surface area contributed by atoms with Gasteiger partial charge in [-0.1, -0.05) is 273 Å². The van der Waals surface area contributed by atoms with Crippen LogP contribution in [-0.4, -0.2) is 59.8 Å². The molecule has 0 spiro atoms. The Kier molecular flexibility index (Phi) is 17.3. The van der Waals surface area contributed by atoms with Crippen LogP contribution in [0.2, 0.25) is 0 Å². The minimum absolute atomic E-state index is 0.700. The average Bonchev–Trinajstić information content (AvgIpc) is 1.54. The molecule has 24 bridgehead atoms. The summed E-state index contributed by atoms with van der Waals surface area (Å²) in [6.45, 7) is 0. The topological polar surface area (TPSA) is 172 Å². The van der Waals surface area contributed by atoms with Crippen LogP contribution in [0.25, 0.3) is 250 Å². The minimum Gasteiger partial charge on any atom is -0.354 e. The molecule has 0 unspecified atom stereocenters. The third-order valence-corrected chi connectivity index (χ3v) is 25.2. The standard InChI is InChI=1S/C116H74N12/c1-10-28-69(29-11-1)102-79-46-51-84(117-79)105(72-34-16-4-17-35-72)90-58-63-96(123-90)112(97-64-59-91(124-97)106(73-36-18-5-19-37-73)85-52-47-80(102)118-85)111-78-68-101-110(77-44-26-9-27-45-77)95-57-56-89(122-95)104(71-32-14-3-15-33-71)83-50-55-88(121-83)109(76-42-24-8-25-43-76)94-62-67-100(127-94)114(116(78)128-101)115(111)113-98-65-60-92(125-98)107(74-38-20-6-21-39-74)86-53-48-81(119-86)103(70-30-12-2-13-31-70)82-49-54-87(120-82)108(75-40-22-7-23-41-75)93-61-66-99(113)126-93/h1-68,117,119,121,124,126,128H. The number of H-pyrrole nitrogens is 6. The Labute approximate surface area is 735 Å². The van der Waals surface area contributed by atoms with Crippen molar-refractivity contribution < 1.29 is 0 Å². The zero-order valence-corrected chi connectivity index (χ0v) is 68.9. The number of benzene rings is 9. The van der Waals surface area contributed by atoms with Crippen molar-refractivity contribution >= 4 is 150 Å². The van der Waals surface area contributed by atoms with Crippen LogP contribution in [0.4, 0.5) is 0 Å². The molecule has 0 saturated carbocycles. The number of hydrogen-bond donors (Lipinski definition) is 6. The maximum atomic E-state index is 6.16. The normalized spacial score (nSPS) is 12.8. The molecule has 18 aromatic rings. The Morgan fingerprint density at radius 3 is 0.484 bits per heavy atom. The summed E-state index contributed by atoms with van der Waals surface area (Å²) in [5, 5.41) is 0. The molecule has 0 fully saturated rings. The number of aromatic amines is 6. The Morgan fingerprint density at radius 2 is 0.289 bits per heavy atom. The van der Waals surface area contributed by atoms with E-state index in [4.69, 9.17) is 29.9 Å². The first-order chi connectivity index (χ1) is 63.4. The van der Waals surface area contributed by atoms with E-state index in [0.717, 1.165) is 251 Å². The molecule has 15 heterocycles. The predicted molar refractivity (Wildman–Crippen MR) is 531 cm³/mol. The minimum atomic E-state index is 0.700. The zero-order valence-electron chi connectivity index (χ0n) is 68.9. The lowest BCUT2D eigenvalue weighted by atomic mass is 9.89. The summed E-state index contributed by atoms with van der Waals surface area (Å²) in [7, 11) is 0. The number of aromatic nitrogens is 12. The Hall–Kier alpha value is -17.5. The fourth-order valence-electron chi connectivity index (χ4n) is 19.6. The number of nitrogens with zero attached hydrogens (tertiary/aromatic N) is 6. The molecule has 128 heavy (non-hydrogen) atoms. The lowest BCUT2D eigenvalue weighted by Gasteiger charge is -2.15. The monoisotopic (exact) mass is 1630 g/mol. The van der Waals surface area contributed by atoms with Gasteiger partial charge in [0, 0.05) is 144 Å². The van der Waals surface area contributed by atoms with E-state index >= 15 is 0 Å². The van der Waals surface area contributed by atoms with E-state index in [9.17, 15) is 0 Å². The van der Waals surface area contributed by atoms with Gasteiger partial charge < -0.3 is 29.9 Å². The van der Waals surface area contributed by atoms with E-state index in [1.165, 1.54) is 0 Å². The summed E-state index contributed by atoms with van der Waals surface area (Å²) in [5.41, 5.74) is 42.1. The van der Waals surface area contributed by atoms with Crippen LogP contribution in [0.15, 0.2) is 340 Å². The number of hydrogen-bond acceptors (Lipinski definition) is 6. The lowest BCUT2D eigenvalue weighted by molar-refractivity contribution is 1.28. The van der Waals surface area contributed by atoms with Crippen LogP contribution < -0.4 is 0 Å². The van der Waals surface area contributed by atoms with E-state index in [2.05, 4.69) is 443 Å². The summed E-state index contributed by atoms with van der Waals surface area (Å²) in [6, 6.07) is 120. The third kappa shape index (κ3) is 12.4. The summed E-state index contributed by atoms with van der Waals surface area (Å²) >= 11 is 0. The molecule has 9 aromatic carbocycles. The van der Waals surface area contributed by atoms with E-state index in [1.807, 2.05) is 0 Å². The van der Waals surface area contributed by atoms with Crippen molar-refractivity contribution in [2.24, 2.45) is 0 Å². The molecule has 6 N–H and O–H groups in total. The molecule has 0 amide bonds. The first-order valence-electron chi connectivity index (χ1n) is 43.2. The van der Waals surface area contributed by atoms with Crippen LogP contribution in [0, 0.1) is 0 Å². The first kappa shape index (κ1) is 73.3. The van der Waals surface area contributed by atoms with Crippen molar-refractivity contribution in [1.29, 1.82) is 0 Å². The van der Waals surface area contributed by atoms with Crippen molar-refractivity contribution in [3.05, 3.63) is 430 Å². The molecule has 0 radical (unpaired) electrons. The Bertz CT molecular complexity index is 8400. The summed E-state index contributed by atoms with van der Waals surface area (Å²) in [4.78, 5) is 60.7. The van der Waals surface area contributed by atoms with E-state index in [-0.39, 0.29) is 0 Å². The Balaban J connectivity index is 0.911. The quantitative estimate of drug-likeness (QED) is 0.0752. The summed E-state index contributed by atoms with van der Waals surface area (Å²) in [5.74, 6) is 0. The zero-order chi connectivity index (χ0) is 84.3. The van der Waals surface area contributed by atoms with Gasteiger partial charge in [-0.15, -0.1) is 0 Å². The number of fused-ring (bicyclic) bond motifs is 24. The SMILES string of the molecule is C1=Cc2nc1c(C1=C(c3c4nc(c(-c5ccccc5)c5ccc([nH]5)c(-c5ccccc5)c5nc(c(-c6ccccc6)c6ccc3[nH]6)C=C5)C=C4)c3c4nc(c(-c5ccccc5)c5ccc([nH]5)c(-c5ccccc5)c5nc(c(-c6ccccc6)c6cc1c3[nH]6)C=C5)C=C4)c1ccc([nH]1)c(-c1ccccc1)c1nc(c(-c3ccccc3)c3ccc([nH]3)c2-c2ccccc2)C=C1. The summed E-state index contributed by atoms with van der Waals surface area (Å²) < 4.78 is 0. The molecule has 6 aliphatic heterocycles. The fraction of sp³-hybridized carbons (Fsp3) is 0. The van der Waals surface area contributed by atoms with Gasteiger partial charge in [0.25, 0.3) is 0 Å². The van der Waals surface area contributed by atoms with Gasteiger partial charge in [-0.3, -0.25) is 0 Å². The molecule has 7 aliphatic rings. The highest BCUT2D eigenvalue weighted by molar-refractivity contribution is 6.23. The fourth-order valence-corrected chi connectivity index (χ4v) is 19.6. The van der Waals surface area contributed by atoms with E-state index in [1.54, 1.807) is 0 Å². The van der Waals surface area contributed by atoms with Gasteiger partial charge in [0.15, 0.2) is 0 Å². The molecular weight excluding hydrogens is 1560 g/mol. The Morgan fingerprint density at radius 1 is 0.133 bits per heavy atom. The van der Waals surface area contributed by atoms with Crippen molar-refractivity contribution in [3.8, 4) is 100 Å². The second kappa shape index (κ2) is 30.2. The smallest absolute Gasteiger partial charge is 0.0737 e. The molecule has 1 aliphatic carbocycles. The maximum absolute atomic E-state index is 6.16. The predicted octanol–water partition coefficient (Wildman–Crippen LogP) is 28.9. The van der Waals surface area contributed by atoms with E-state index in [0.29, 0.717) is 17.1 Å². The molecule has 0 saturated heterocycles. The summed E-state index contributed by atoms with van der Waals surface area (Å²) in [6.07, 6.45) is 26.2. The van der Waals surface area contributed by atoms with Crippen LogP contribution >= 0.6 is 0 Å². The van der Waals surface area contributed by atoms with E-state index < -0.39 is 0 Å².